The molecule has 0 saturated carbocycles. The van der Waals surface area contributed by atoms with E-state index in [9.17, 15) is 0 Å². The van der Waals surface area contributed by atoms with Crippen LogP contribution in [0.15, 0.2) is 47.7 Å². The largest absolute Gasteiger partial charge is 0.354 e. The Morgan fingerprint density at radius 2 is 2.10 bits per heavy atom. The van der Waals surface area contributed by atoms with Crippen molar-refractivity contribution in [2.75, 3.05) is 40.8 Å². The molecule has 0 bridgehead atoms. The first-order valence-corrected chi connectivity index (χ1v) is 10.4. The molecule has 0 amide bonds. The normalized spacial score (nSPS) is 19.3. The van der Waals surface area contributed by atoms with Gasteiger partial charge in [-0.25, -0.2) is 0 Å². The first kappa shape index (κ1) is 21.3. The Morgan fingerprint density at radius 1 is 1.31 bits per heavy atom. The van der Waals surface area contributed by atoms with Gasteiger partial charge < -0.3 is 15.5 Å². The minimum absolute atomic E-state index is 0.239. The van der Waals surface area contributed by atoms with Crippen molar-refractivity contribution < 1.29 is 0 Å². The molecule has 2 aromatic rings. The molecule has 3 rings (SSSR count). The molecule has 1 aromatic heterocycles. The number of aryl methyl sites for hydroxylation is 1. The molecular weight excluding hydrogens is 362 g/mol. The average molecular weight is 398 g/mol. The Kier molecular flexibility index (Phi) is 7.66. The molecule has 1 saturated heterocycles. The first-order chi connectivity index (χ1) is 14.0. The van der Waals surface area contributed by atoms with Crippen molar-refractivity contribution in [3.8, 4) is 0 Å². The van der Waals surface area contributed by atoms with E-state index in [4.69, 9.17) is 0 Å². The van der Waals surface area contributed by atoms with Gasteiger partial charge in [0.15, 0.2) is 5.96 Å². The van der Waals surface area contributed by atoms with Gasteiger partial charge in [-0.1, -0.05) is 30.3 Å². The third kappa shape index (κ3) is 6.30. The predicted molar refractivity (Wildman–Crippen MR) is 119 cm³/mol. The predicted octanol–water partition coefficient (Wildman–Crippen LogP) is 1.85. The monoisotopic (exact) mass is 397 g/mol. The van der Waals surface area contributed by atoms with Crippen LogP contribution in [0.5, 0.6) is 0 Å². The number of nitrogens with zero attached hydrogens (tertiary/aromatic N) is 5. The van der Waals surface area contributed by atoms with Crippen LogP contribution in [-0.2, 0) is 13.6 Å². The second-order valence-corrected chi connectivity index (χ2v) is 8.08. The Labute approximate surface area is 174 Å². The summed E-state index contributed by atoms with van der Waals surface area (Å²) in [4.78, 5) is 9.20. The molecule has 0 spiro atoms. The number of hydrogen-bond acceptors (Lipinski definition) is 4. The van der Waals surface area contributed by atoms with Crippen molar-refractivity contribution in [3.05, 3.63) is 53.9 Å². The number of likely N-dealkylation sites (tertiary alicyclic amines) is 1. The number of aliphatic imine (C=N–C) groups is 1. The zero-order valence-electron chi connectivity index (χ0n) is 18.2. The molecule has 0 aliphatic carbocycles. The molecule has 1 aromatic carbocycles. The highest BCUT2D eigenvalue weighted by molar-refractivity contribution is 5.80. The Morgan fingerprint density at radius 3 is 2.76 bits per heavy atom. The van der Waals surface area contributed by atoms with Crippen LogP contribution in [0, 0.1) is 0 Å². The molecule has 2 unspecified atom stereocenters. The molecule has 1 aliphatic heterocycles. The van der Waals surface area contributed by atoms with Crippen molar-refractivity contribution in [2.45, 2.75) is 31.5 Å². The molecular formula is C22H35N7. The first-order valence-electron chi connectivity index (χ1n) is 10.4. The highest BCUT2D eigenvalue weighted by atomic mass is 15.3. The van der Waals surface area contributed by atoms with E-state index in [0.717, 1.165) is 32.1 Å². The van der Waals surface area contributed by atoms with Crippen LogP contribution in [0.4, 0.5) is 0 Å². The van der Waals surface area contributed by atoms with Crippen LogP contribution < -0.4 is 10.6 Å². The fourth-order valence-corrected chi connectivity index (χ4v) is 3.95. The molecule has 158 valence electrons. The lowest BCUT2D eigenvalue weighted by molar-refractivity contribution is 0.192. The van der Waals surface area contributed by atoms with Crippen LogP contribution in [0.2, 0.25) is 0 Å². The maximum absolute atomic E-state index is 4.46. The summed E-state index contributed by atoms with van der Waals surface area (Å²) >= 11 is 0. The topological polar surface area (TPSA) is 60.7 Å². The van der Waals surface area contributed by atoms with Crippen molar-refractivity contribution in [2.24, 2.45) is 12.0 Å². The van der Waals surface area contributed by atoms with Gasteiger partial charge in [-0.2, -0.15) is 5.10 Å². The fourth-order valence-electron chi connectivity index (χ4n) is 3.95. The van der Waals surface area contributed by atoms with Gasteiger partial charge >= 0.3 is 0 Å². The number of likely N-dealkylation sites (N-methyl/N-ethyl adjacent to an activating group) is 1. The Balaban J connectivity index is 1.52. The highest BCUT2D eigenvalue weighted by Crippen LogP contribution is 2.16. The van der Waals surface area contributed by atoms with Gasteiger partial charge in [0.1, 0.15) is 0 Å². The van der Waals surface area contributed by atoms with Crippen LogP contribution in [0.1, 0.15) is 30.0 Å². The summed E-state index contributed by atoms with van der Waals surface area (Å²) in [6, 6.07) is 11.4. The zero-order chi connectivity index (χ0) is 20.6. The fraction of sp³-hybridized carbons (Fsp3) is 0.545. The van der Waals surface area contributed by atoms with E-state index in [1.807, 2.05) is 25.0 Å². The second-order valence-electron chi connectivity index (χ2n) is 8.08. The van der Waals surface area contributed by atoms with Crippen LogP contribution in [-0.4, -0.2) is 72.4 Å². The maximum atomic E-state index is 4.46. The van der Waals surface area contributed by atoms with E-state index in [-0.39, 0.29) is 6.04 Å². The van der Waals surface area contributed by atoms with Crippen molar-refractivity contribution in [1.82, 2.24) is 30.2 Å². The third-order valence-corrected chi connectivity index (χ3v) is 5.51. The summed E-state index contributed by atoms with van der Waals surface area (Å²) in [7, 11) is 7.99. The van der Waals surface area contributed by atoms with Crippen LogP contribution >= 0.6 is 0 Å². The van der Waals surface area contributed by atoms with Crippen LogP contribution in [0.25, 0.3) is 0 Å². The summed E-state index contributed by atoms with van der Waals surface area (Å²) in [6.45, 7) is 3.98. The standard InChI is InChI=1S/C22H35N7/c1-23-22(24-14-21(27(2)3)19-13-25-28(4)16-19)26-20-11-8-12-29(17-20)15-18-9-6-5-7-10-18/h5-7,9-10,13,16,20-21H,8,11-12,14-15,17H2,1-4H3,(H2,23,24,26). The summed E-state index contributed by atoms with van der Waals surface area (Å²) in [5.41, 5.74) is 2.58. The summed E-state index contributed by atoms with van der Waals surface area (Å²) in [6.07, 6.45) is 6.39. The van der Waals surface area contributed by atoms with Gasteiger partial charge in [-0.05, 0) is 39.0 Å². The molecule has 1 fully saturated rings. The minimum atomic E-state index is 0.239. The van der Waals surface area contributed by atoms with Gasteiger partial charge in [-0.3, -0.25) is 14.6 Å². The Bertz CT molecular complexity index is 768. The lowest BCUT2D eigenvalue weighted by Gasteiger charge is -2.34. The number of guanidine groups is 1. The lowest BCUT2D eigenvalue weighted by atomic mass is 10.0. The van der Waals surface area contributed by atoms with E-state index in [1.54, 1.807) is 0 Å². The van der Waals surface area contributed by atoms with Crippen molar-refractivity contribution in [3.63, 3.8) is 0 Å². The number of hydrogen-bond donors (Lipinski definition) is 2. The van der Waals surface area contributed by atoms with E-state index in [0.29, 0.717) is 6.04 Å². The molecule has 7 heteroatoms. The molecule has 29 heavy (non-hydrogen) atoms. The molecule has 1 aliphatic rings. The summed E-state index contributed by atoms with van der Waals surface area (Å²) in [5, 5.41) is 11.5. The van der Waals surface area contributed by atoms with Crippen molar-refractivity contribution >= 4 is 5.96 Å². The molecule has 7 nitrogen and oxygen atoms in total. The number of aromatic nitrogens is 2. The number of piperidine rings is 1. The van der Waals surface area contributed by atoms with Gasteiger partial charge in [-0.15, -0.1) is 0 Å². The SMILES string of the molecule is CN=C(NCC(c1cnn(C)c1)N(C)C)NC1CCCN(Cc2ccccc2)C1. The van der Waals surface area contributed by atoms with Gasteiger partial charge in [0.2, 0.25) is 0 Å². The smallest absolute Gasteiger partial charge is 0.191 e. The van der Waals surface area contributed by atoms with Crippen molar-refractivity contribution in [1.29, 1.82) is 0 Å². The van der Waals surface area contributed by atoms with E-state index < -0.39 is 0 Å². The second kappa shape index (κ2) is 10.4. The molecule has 0 radical (unpaired) electrons. The average Bonchev–Trinajstić information content (AvgIpc) is 3.14. The van der Waals surface area contributed by atoms with Crippen LogP contribution in [0.3, 0.4) is 0 Å². The zero-order valence-corrected chi connectivity index (χ0v) is 18.2. The minimum Gasteiger partial charge on any atom is -0.354 e. The number of benzene rings is 1. The lowest BCUT2D eigenvalue weighted by Crippen LogP contribution is -2.51. The molecule has 2 atom stereocenters. The number of rotatable bonds is 7. The molecule has 2 N–H and O–H groups in total. The number of nitrogens with one attached hydrogen (secondary N) is 2. The summed E-state index contributed by atoms with van der Waals surface area (Å²) in [5.74, 6) is 0.868. The van der Waals surface area contributed by atoms with Gasteiger partial charge in [0.05, 0.1) is 12.2 Å². The van der Waals surface area contributed by atoms with Gasteiger partial charge in [0, 0.05) is 51.5 Å². The third-order valence-electron chi connectivity index (χ3n) is 5.51. The molecule has 2 heterocycles. The van der Waals surface area contributed by atoms with E-state index in [2.05, 4.69) is 81.1 Å². The maximum Gasteiger partial charge on any atom is 0.191 e. The quantitative estimate of drug-likeness (QED) is 0.552. The highest BCUT2D eigenvalue weighted by Gasteiger charge is 2.22. The van der Waals surface area contributed by atoms with E-state index in [1.165, 1.54) is 24.0 Å². The van der Waals surface area contributed by atoms with Gasteiger partial charge in [0.25, 0.3) is 0 Å². The van der Waals surface area contributed by atoms with E-state index >= 15 is 0 Å². The summed E-state index contributed by atoms with van der Waals surface area (Å²) < 4.78 is 1.85. The Hall–Kier alpha value is -2.38.